The Balaban J connectivity index is 2.58. The quantitative estimate of drug-likeness (QED) is 0.628. The van der Waals surface area contributed by atoms with Crippen LogP contribution in [-0.2, 0) is 5.92 Å². The third kappa shape index (κ3) is 1.05. The Bertz CT molecular complexity index is 314. The second kappa shape index (κ2) is 2.49. The van der Waals surface area contributed by atoms with Crippen molar-refractivity contribution in [3.05, 3.63) is 29.6 Å². The zero-order chi connectivity index (χ0) is 8.77. The molecule has 0 N–H and O–H groups in total. The molecule has 2 rings (SSSR count). The minimum Gasteiger partial charge on any atom is -0.255 e. The van der Waals surface area contributed by atoms with E-state index in [1.165, 1.54) is 6.20 Å². The molecule has 1 aliphatic carbocycles. The van der Waals surface area contributed by atoms with Crippen LogP contribution in [0.3, 0.4) is 0 Å². The molecule has 1 nitrogen and oxygen atoms in total. The van der Waals surface area contributed by atoms with Crippen LogP contribution >= 0.6 is 15.9 Å². The van der Waals surface area contributed by atoms with Crippen LogP contribution in [0.15, 0.2) is 18.3 Å². The first-order valence-electron chi connectivity index (χ1n) is 3.58. The van der Waals surface area contributed by atoms with Gasteiger partial charge in [0.05, 0.1) is 0 Å². The Morgan fingerprint density at radius 3 is 3.00 bits per heavy atom. The number of fused-ring (bicyclic) bond motifs is 1. The fraction of sp³-hybridized carbons (Fsp3) is 0.375. The summed E-state index contributed by atoms with van der Waals surface area (Å²) in [4.78, 5) is 3.43. The molecule has 1 aromatic rings. The van der Waals surface area contributed by atoms with Crippen LogP contribution < -0.4 is 0 Å². The molecule has 0 fully saturated rings. The summed E-state index contributed by atoms with van der Waals surface area (Å²) in [5.74, 6) is -2.76. The number of alkyl halides is 3. The first kappa shape index (κ1) is 8.10. The van der Waals surface area contributed by atoms with Gasteiger partial charge >= 0.3 is 0 Å². The van der Waals surface area contributed by atoms with Crippen molar-refractivity contribution in [2.45, 2.75) is 17.2 Å². The molecule has 64 valence electrons. The minimum atomic E-state index is -2.76. The highest BCUT2D eigenvalue weighted by Crippen LogP contribution is 2.49. The molecule has 1 heterocycles. The Labute approximate surface area is 76.9 Å². The number of hydrogen-bond donors (Lipinski definition) is 0. The summed E-state index contributed by atoms with van der Waals surface area (Å²) in [6, 6.07) is 3.36. The van der Waals surface area contributed by atoms with E-state index in [9.17, 15) is 8.78 Å². The molecule has 0 bridgehead atoms. The van der Waals surface area contributed by atoms with E-state index in [1.54, 1.807) is 12.1 Å². The molecule has 4 heteroatoms. The van der Waals surface area contributed by atoms with E-state index in [0.29, 0.717) is 5.56 Å². The van der Waals surface area contributed by atoms with Crippen LogP contribution in [0.4, 0.5) is 8.78 Å². The highest BCUT2D eigenvalue weighted by Gasteiger charge is 2.45. The molecular weight excluding hydrogens is 228 g/mol. The van der Waals surface area contributed by atoms with Gasteiger partial charge in [-0.25, -0.2) is 0 Å². The van der Waals surface area contributed by atoms with Gasteiger partial charge in [-0.05, 0) is 11.6 Å². The molecule has 1 unspecified atom stereocenters. The van der Waals surface area contributed by atoms with Crippen molar-refractivity contribution >= 4 is 15.9 Å². The van der Waals surface area contributed by atoms with Crippen molar-refractivity contribution in [3.63, 3.8) is 0 Å². The van der Waals surface area contributed by atoms with E-state index in [0.717, 1.165) is 0 Å². The molecule has 0 aromatic carbocycles. The lowest BCUT2D eigenvalue weighted by Crippen LogP contribution is -2.09. The smallest absolute Gasteiger partial charge is 0.255 e. The largest absolute Gasteiger partial charge is 0.291 e. The minimum absolute atomic E-state index is 0.0770. The third-order valence-corrected chi connectivity index (χ3v) is 2.78. The van der Waals surface area contributed by atoms with Crippen molar-refractivity contribution in [1.82, 2.24) is 4.98 Å². The highest BCUT2D eigenvalue weighted by molar-refractivity contribution is 9.09. The lowest BCUT2D eigenvalue weighted by atomic mass is 10.2. The van der Waals surface area contributed by atoms with E-state index < -0.39 is 5.92 Å². The molecule has 12 heavy (non-hydrogen) atoms. The standard InChI is InChI=1S/C8H6BrF2N/c9-6-4-8(10,11)7-5(6)2-1-3-12-7/h1-3,6H,4H2. The van der Waals surface area contributed by atoms with Gasteiger partial charge in [0.15, 0.2) is 0 Å². The summed E-state index contributed by atoms with van der Waals surface area (Å²) < 4.78 is 26.2. The van der Waals surface area contributed by atoms with E-state index in [2.05, 4.69) is 20.9 Å². The fourth-order valence-corrected chi connectivity index (χ4v) is 2.18. The number of halogens is 3. The average molecular weight is 234 g/mol. The van der Waals surface area contributed by atoms with Crippen LogP contribution in [0.25, 0.3) is 0 Å². The van der Waals surface area contributed by atoms with Crippen LogP contribution in [-0.4, -0.2) is 4.98 Å². The van der Waals surface area contributed by atoms with Crippen molar-refractivity contribution in [1.29, 1.82) is 0 Å². The summed E-state index contributed by atoms with van der Waals surface area (Å²) >= 11 is 3.19. The number of aromatic nitrogens is 1. The molecular formula is C8H6BrF2N. The maximum Gasteiger partial charge on any atom is 0.291 e. The van der Waals surface area contributed by atoms with Gasteiger partial charge in [-0.15, -0.1) is 0 Å². The van der Waals surface area contributed by atoms with Crippen molar-refractivity contribution in [2.75, 3.05) is 0 Å². The highest BCUT2D eigenvalue weighted by atomic mass is 79.9. The van der Waals surface area contributed by atoms with Crippen LogP contribution in [0.2, 0.25) is 0 Å². The van der Waals surface area contributed by atoms with Crippen molar-refractivity contribution < 1.29 is 8.78 Å². The number of rotatable bonds is 0. The molecule has 0 amide bonds. The first-order chi connectivity index (χ1) is 5.61. The predicted molar refractivity (Wildman–Crippen MR) is 44.4 cm³/mol. The second-order valence-corrected chi connectivity index (χ2v) is 3.92. The zero-order valence-corrected chi connectivity index (χ0v) is 7.68. The Hall–Kier alpha value is -0.510. The van der Waals surface area contributed by atoms with Gasteiger partial charge in [-0.1, -0.05) is 22.0 Å². The second-order valence-electron chi connectivity index (χ2n) is 2.82. The molecule has 0 spiro atoms. The van der Waals surface area contributed by atoms with Crippen molar-refractivity contribution in [3.8, 4) is 0 Å². The summed E-state index contributed by atoms with van der Waals surface area (Å²) in [7, 11) is 0. The van der Waals surface area contributed by atoms with Gasteiger partial charge in [0, 0.05) is 17.4 Å². The zero-order valence-electron chi connectivity index (χ0n) is 6.10. The maximum atomic E-state index is 13.1. The molecule has 1 aromatic heterocycles. The number of hydrogen-bond acceptors (Lipinski definition) is 1. The van der Waals surface area contributed by atoms with E-state index in [-0.39, 0.29) is 16.9 Å². The summed E-state index contributed by atoms with van der Waals surface area (Å²) in [6.07, 6.45) is 1.22. The summed E-state index contributed by atoms with van der Waals surface area (Å²) in [6.45, 7) is 0. The summed E-state index contributed by atoms with van der Waals surface area (Å²) in [5.41, 5.74) is 0.536. The normalized spacial score (nSPS) is 25.4. The lowest BCUT2D eigenvalue weighted by Gasteiger charge is -2.06. The van der Waals surface area contributed by atoms with E-state index in [1.807, 2.05) is 0 Å². The topological polar surface area (TPSA) is 12.9 Å². The molecule has 0 radical (unpaired) electrons. The van der Waals surface area contributed by atoms with Gasteiger partial charge in [0.25, 0.3) is 5.92 Å². The number of pyridine rings is 1. The average Bonchev–Trinajstić information content (AvgIpc) is 2.25. The lowest BCUT2D eigenvalue weighted by molar-refractivity contribution is -0.00609. The number of nitrogens with zero attached hydrogens (tertiary/aromatic N) is 1. The first-order valence-corrected chi connectivity index (χ1v) is 4.50. The molecule has 0 saturated carbocycles. The fourth-order valence-electron chi connectivity index (χ4n) is 1.41. The van der Waals surface area contributed by atoms with Crippen LogP contribution in [0.1, 0.15) is 22.5 Å². The Morgan fingerprint density at radius 2 is 2.33 bits per heavy atom. The van der Waals surface area contributed by atoms with Gasteiger partial charge in [-0.2, -0.15) is 8.78 Å². The molecule has 1 atom stereocenters. The predicted octanol–water partition coefficient (Wildman–Crippen LogP) is 3.01. The van der Waals surface area contributed by atoms with Gasteiger partial charge in [-0.3, -0.25) is 4.98 Å². The third-order valence-electron chi connectivity index (χ3n) is 1.96. The monoisotopic (exact) mass is 233 g/mol. The van der Waals surface area contributed by atoms with Crippen LogP contribution in [0, 0.1) is 0 Å². The Kier molecular flexibility index (Phi) is 1.68. The van der Waals surface area contributed by atoms with Gasteiger partial charge < -0.3 is 0 Å². The van der Waals surface area contributed by atoms with E-state index in [4.69, 9.17) is 0 Å². The maximum absolute atomic E-state index is 13.1. The summed E-state index contributed by atoms with van der Waals surface area (Å²) in [5, 5.41) is 0. The SMILES string of the molecule is FC1(F)CC(Br)c2cccnc21. The van der Waals surface area contributed by atoms with Gasteiger partial charge in [0.1, 0.15) is 5.69 Å². The molecule has 0 saturated heterocycles. The Morgan fingerprint density at radius 1 is 1.58 bits per heavy atom. The molecule has 1 aliphatic rings. The van der Waals surface area contributed by atoms with Gasteiger partial charge in [0.2, 0.25) is 0 Å². The molecule has 0 aliphatic heterocycles. The van der Waals surface area contributed by atoms with Crippen LogP contribution in [0.5, 0.6) is 0 Å². The van der Waals surface area contributed by atoms with E-state index >= 15 is 0 Å². The van der Waals surface area contributed by atoms with Crippen molar-refractivity contribution in [2.24, 2.45) is 0 Å².